The molecule has 0 radical (unpaired) electrons. The molecular formula is C14H17F2NO5S. The summed E-state index contributed by atoms with van der Waals surface area (Å²) in [7, 11) is -3.03. The second-order valence-corrected chi connectivity index (χ2v) is 7.45. The van der Waals surface area contributed by atoms with Crippen molar-refractivity contribution in [3.63, 3.8) is 0 Å². The lowest BCUT2D eigenvalue weighted by atomic mass is 9.97. The summed E-state index contributed by atoms with van der Waals surface area (Å²) in [4.78, 5) is 10.8. The SMILES string of the molecule is COc1ccc(C)cc1S(=O)(=O)N1CC(C(=O)O)CC(F)(F)C1. The molecule has 1 fully saturated rings. The van der Waals surface area contributed by atoms with E-state index in [0.717, 1.165) is 0 Å². The summed E-state index contributed by atoms with van der Waals surface area (Å²) >= 11 is 0. The third-order valence-electron chi connectivity index (χ3n) is 3.66. The van der Waals surface area contributed by atoms with Gasteiger partial charge in [0.1, 0.15) is 10.6 Å². The van der Waals surface area contributed by atoms with Crippen LogP contribution in [0.2, 0.25) is 0 Å². The van der Waals surface area contributed by atoms with E-state index < -0.39 is 47.3 Å². The van der Waals surface area contributed by atoms with Gasteiger partial charge in [-0.25, -0.2) is 17.2 Å². The molecule has 1 N–H and O–H groups in total. The van der Waals surface area contributed by atoms with Crippen molar-refractivity contribution < 1.29 is 31.8 Å². The number of sulfonamides is 1. The first-order valence-corrected chi connectivity index (χ1v) is 8.26. The Balaban J connectivity index is 2.46. The number of carboxylic acid groups (broad SMARTS) is 1. The van der Waals surface area contributed by atoms with Crippen LogP contribution in [-0.4, -0.2) is 49.9 Å². The molecule has 0 aliphatic carbocycles. The molecule has 23 heavy (non-hydrogen) atoms. The Morgan fingerprint density at radius 3 is 2.65 bits per heavy atom. The minimum absolute atomic E-state index is 0.0244. The van der Waals surface area contributed by atoms with Crippen molar-refractivity contribution in [1.29, 1.82) is 0 Å². The summed E-state index contributed by atoms with van der Waals surface area (Å²) in [5.41, 5.74) is 0.614. The van der Waals surface area contributed by atoms with Crippen molar-refractivity contribution in [3.05, 3.63) is 23.8 Å². The minimum atomic E-state index is -4.30. The molecule has 0 bridgehead atoms. The monoisotopic (exact) mass is 349 g/mol. The molecule has 1 atom stereocenters. The predicted molar refractivity (Wildman–Crippen MR) is 77.2 cm³/mol. The van der Waals surface area contributed by atoms with E-state index >= 15 is 0 Å². The number of methoxy groups -OCH3 is 1. The molecular weight excluding hydrogens is 332 g/mol. The third kappa shape index (κ3) is 3.61. The fourth-order valence-electron chi connectivity index (χ4n) is 2.53. The number of hydrogen-bond donors (Lipinski definition) is 1. The highest BCUT2D eigenvalue weighted by atomic mass is 32.2. The summed E-state index contributed by atoms with van der Waals surface area (Å²) in [5, 5.41) is 8.99. The number of halogens is 2. The van der Waals surface area contributed by atoms with Crippen LogP contribution in [0.5, 0.6) is 5.75 Å². The Labute approximate surface area is 132 Å². The number of piperidine rings is 1. The number of alkyl halides is 2. The molecule has 2 rings (SSSR count). The molecule has 6 nitrogen and oxygen atoms in total. The number of nitrogens with zero attached hydrogens (tertiary/aromatic N) is 1. The highest BCUT2D eigenvalue weighted by molar-refractivity contribution is 7.89. The van der Waals surface area contributed by atoms with Crippen LogP contribution in [0.3, 0.4) is 0 Å². The summed E-state index contributed by atoms with van der Waals surface area (Å²) < 4.78 is 58.4. The molecule has 1 aromatic carbocycles. The Kier molecular flexibility index (Phi) is 4.63. The zero-order valence-electron chi connectivity index (χ0n) is 12.6. The van der Waals surface area contributed by atoms with Gasteiger partial charge in [-0.05, 0) is 24.6 Å². The van der Waals surface area contributed by atoms with E-state index in [1.54, 1.807) is 13.0 Å². The first kappa shape index (κ1) is 17.6. The Hall–Kier alpha value is -1.74. The third-order valence-corrected chi connectivity index (χ3v) is 5.50. The predicted octanol–water partition coefficient (Wildman–Crippen LogP) is 1.73. The quantitative estimate of drug-likeness (QED) is 0.895. The van der Waals surface area contributed by atoms with Gasteiger partial charge in [0.15, 0.2) is 0 Å². The Morgan fingerprint density at radius 1 is 1.43 bits per heavy atom. The number of hydrogen-bond acceptors (Lipinski definition) is 4. The topological polar surface area (TPSA) is 83.9 Å². The first-order chi connectivity index (χ1) is 10.6. The largest absolute Gasteiger partial charge is 0.495 e. The van der Waals surface area contributed by atoms with Gasteiger partial charge in [-0.15, -0.1) is 0 Å². The van der Waals surface area contributed by atoms with Gasteiger partial charge in [-0.1, -0.05) is 6.07 Å². The van der Waals surface area contributed by atoms with Crippen molar-refractivity contribution in [1.82, 2.24) is 4.31 Å². The molecule has 1 unspecified atom stereocenters. The highest BCUT2D eigenvalue weighted by Crippen LogP contribution is 2.36. The normalized spacial score (nSPS) is 21.8. The molecule has 1 aliphatic rings. The Morgan fingerprint density at radius 2 is 2.09 bits per heavy atom. The zero-order chi connectivity index (χ0) is 17.4. The number of carbonyl (C=O) groups is 1. The first-order valence-electron chi connectivity index (χ1n) is 6.82. The summed E-state index contributed by atoms with van der Waals surface area (Å²) in [6.45, 7) is 0.115. The maximum absolute atomic E-state index is 13.8. The van der Waals surface area contributed by atoms with Gasteiger partial charge < -0.3 is 9.84 Å². The number of aryl methyl sites for hydroxylation is 1. The van der Waals surface area contributed by atoms with E-state index in [2.05, 4.69) is 0 Å². The van der Waals surface area contributed by atoms with Crippen LogP contribution < -0.4 is 4.74 Å². The molecule has 1 aliphatic heterocycles. The summed E-state index contributed by atoms with van der Waals surface area (Å²) in [6, 6.07) is 4.37. The van der Waals surface area contributed by atoms with Gasteiger partial charge in [-0.2, -0.15) is 4.31 Å². The molecule has 128 valence electrons. The van der Waals surface area contributed by atoms with Crippen LogP contribution in [0.1, 0.15) is 12.0 Å². The van der Waals surface area contributed by atoms with E-state index in [9.17, 15) is 22.0 Å². The van der Waals surface area contributed by atoms with Gasteiger partial charge in [0, 0.05) is 13.0 Å². The summed E-state index contributed by atoms with van der Waals surface area (Å²) in [6.07, 6.45) is -0.876. The fraction of sp³-hybridized carbons (Fsp3) is 0.500. The van der Waals surface area contributed by atoms with E-state index in [4.69, 9.17) is 9.84 Å². The van der Waals surface area contributed by atoms with E-state index in [0.29, 0.717) is 9.87 Å². The molecule has 1 aromatic rings. The Bertz CT molecular complexity index is 720. The van der Waals surface area contributed by atoms with Crippen molar-refractivity contribution in [2.24, 2.45) is 5.92 Å². The molecule has 0 amide bonds. The lowest BCUT2D eigenvalue weighted by molar-refractivity contribution is -0.150. The number of benzene rings is 1. The lowest BCUT2D eigenvalue weighted by Crippen LogP contribution is -2.51. The molecule has 1 saturated heterocycles. The van der Waals surface area contributed by atoms with Gasteiger partial charge in [0.05, 0.1) is 19.6 Å². The van der Waals surface area contributed by atoms with Gasteiger partial charge in [-0.3, -0.25) is 4.79 Å². The van der Waals surface area contributed by atoms with Crippen LogP contribution in [-0.2, 0) is 14.8 Å². The number of ether oxygens (including phenoxy) is 1. The van der Waals surface area contributed by atoms with Crippen molar-refractivity contribution in [2.75, 3.05) is 20.2 Å². The molecule has 0 saturated carbocycles. The number of rotatable bonds is 4. The van der Waals surface area contributed by atoms with E-state index in [1.807, 2.05) is 0 Å². The maximum Gasteiger partial charge on any atom is 0.308 e. The number of carboxylic acids is 1. The van der Waals surface area contributed by atoms with Crippen molar-refractivity contribution in [2.45, 2.75) is 24.2 Å². The van der Waals surface area contributed by atoms with Crippen LogP contribution >= 0.6 is 0 Å². The maximum atomic E-state index is 13.8. The smallest absolute Gasteiger partial charge is 0.308 e. The molecule has 0 aromatic heterocycles. The van der Waals surface area contributed by atoms with Crippen LogP contribution in [0.4, 0.5) is 8.78 Å². The number of aliphatic carboxylic acids is 1. The minimum Gasteiger partial charge on any atom is -0.495 e. The molecule has 9 heteroatoms. The van der Waals surface area contributed by atoms with Crippen LogP contribution in [0, 0.1) is 12.8 Å². The van der Waals surface area contributed by atoms with E-state index in [-0.39, 0.29) is 10.6 Å². The molecule has 1 heterocycles. The van der Waals surface area contributed by atoms with Crippen LogP contribution in [0.25, 0.3) is 0 Å². The average Bonchev–Trinajstić information content (AvgIpc) is 2.45. The summed E-state index contributed by atoms with van der Waals surface area (Å²) in [5.74, 6) is -6.27. The molecule has 0 spiro atoms. The second-order valence-electron chi connectivity index (χ2n) is 5.55. The fourth-order valence-corrected chi connectivity index (χ4v) is 4.28. The van der Waals surface area contributed by atoms with Gasteiger partial charge in [0.25, 0.3) is 5.92 Å². The van der Waals surface area contributed by atoms with Crippen LogP contribution in [0.15, 0.2) is 23.1 Å². The second kappa shape index (κ2) is 6.04. The van der Waals surface area contributed by atoms with Gasteiger partial charge in [0.2, 0.25) is 10.0 Å². The average molecular weight is 349 g/mol. The standard InChI is InChI=1S/C14H17F2NO5S/c1-9-3-4-11(22-2)12(5-9)23(20,21)17-7-10(13(18)19)6-14(15,16)8-17/h3-5,10H,6-8H2,1-2H3,(H,18,19). The zero-order valence-corrected chi connectivity index (χ0v) is 13.4. The van der Waals surface area contributed by atoms with Crippen molar-refractivity contribution in [3.8, 4) is 5.75 Å². The lowest BCUT2D eigenvalue weighted by Gasteiger charge is -2.35. The van der Waals surface area contributed by atoms with Gasteiger partial charge >= 0.3 is 5.97 Å². The van der Waals surface area contributed by atoms with Crippen molar-refractivity contribution >= 4 is 16.0 Å². The van der Waals surface area contributed by atoms with E-state index in [1.165, 1.54) is 19.2 Å². The highest BCUT2D eigenvalue weighted by Gasteiger charge is 2.47.